The van der Waals surface area contributed by atoms with Crippen molar-refractivity contribution in [2.75, 3.05) is 32.7 Å². The lowest BCUT2D eigenvalue weighted by Gasteiger charge is -2.35. The van der Waals surface area contributed by atoms with Crippen molar-refractivity contribution < 1.29 is 9.47 Å². The fraction of sp³-hybridized carbons (Fsp3) is 0.345. The highest BCUT2D eigenvalue weighted by Crippen LogP contribution is 2.33. The van der Waals surface area contributed by atoms with Crippen molar-refractivity contribution in [3.05, 3.63) is 83.9 Å². The van der Waals surface area contributed by atoms with Crippen LogP contribution in [-0.2, 0) is 13.1 Å². The number of ether oxygens (including phenoxy) is 2. The van der Waals surface area contributed by atoms with Crippen molar-refractivity contribution in [3.8, 4) is 11.5 Å². The molecule has 1 saturated heterocycles. The Morgan fingerprint density at radius 1 is 0.972 bits per heavy atom. The number of hydrogen-bond donors (Lipinski definition) is 0. The van der Waals surface area contributed by atoms with Crippen LogP contribution in [0, 0.1) is 0 Å². The minimum Gasteiger partial charge on any atom is -0.493 e. The molecule has 4 aromatic rings. The van der Waals surface area contributed by atoms with E-state index < -0.39 is 0 Å². The highest BCUT2D eigenvalue weighted by molar-refractivity contribution is 5.89. The van der Waals surface area contributed by atoms with Gasteiger partial charge in [0.05, 0.1) is 26.3 Å². The number of benzene rings is 2. The van der Waals surface area contributed by atoms with Gasteiger partial charge in [0, 0.05) is 37.4 Å². The Morgan fingerprint density at radius 3 is 2.64 bits per heavy atom. The number of fused-ring (bicyclic) bond motifs is 1. The van der Waals surface area contributed by atoms with Gasteiger partial charge in [-0.05, 0) is 60.8 Å². The lowest BCUT2D eigenvalue weighted by Crippen LogP contribution is -2.33. The summed E-state index contributed by atoms with van der Waals surface area (Å²) < 4.78 is 10.9. The van der Waals surface area contributed by atoms with E-state index in [9.17, 15) is 0 Å². The van der Waals surface area contributed by atoms with Crippen LogP contribution in [0.5, 0.6) is 11.5 Å². The van der Waals surface area contributed by atoms with Gasteiger partial charge in [0.15, 0.2) is 11.5 Å². The second-order valence-corrected chi connectivity index (χ2v) is 9.29. The maximum absolute atomic E-state index is 5.51. The first kappa shape index (κ1) is 24.0. The van der Waals surface area contributed by atoms with Gasteiger partial charge in [-0.1, -0.05) is 30.7 Å². The van der Waals surface area contributed by atoms with Crippen LogP contribution in [0.3, 0.4) is 0 Å². The normalized spacial score (nSPS) is 16.1. The minimum absolute atomic E-state index is 0.343. The van der Waals surface area contributed by atoms with Crippen LogP contribution >= 0.6 is 0 Å². The monoisotopic (exact) mass is 483 g/mol. The number of para-hydroxylation sites is 1. The van der Waals surface area contributed by atoms with Crippen LogP contribution in [0.15, 0.2) is 67.0 Å². The van der Waals surface area contributed by atoms with Gasteiger partial charge in [0.2, 0.25) is 0 Å². The topological polar surface area (TPSA) is 63.6 Å². The van der Waals surface area contributed by atoms with Crippen LogP contribution < -0.4 is 14.4 Å². The van der Waals surface area contributed by atoms with E-state index >= 15 is 0 Å². The fourth-order valence-electron chi connectivity index (χ4n) is 5.11. The molecule has 1 aliphatic rings. The zero-order chi connectivity index (χ0) is 24.9. The molecule has 3 heterocycles. The maximum atomic E-state index is 5.51. The number of anilines is 1. The van der Waals surface area contributed by atoms with Gasteiger partial charge in [-0.15, -0.1) is 0 Å². The number of likely N-dealkylation sites (tertiary alicyclic amines) is 1. The number of hydrogen-bond acceptors (Lipinski definition) is 7. The first-order valence-electron chi connectivity index (χ1n) is 12.5. The molecule has 7 heteroatoms. The van der Waals surface area contributed by atoms with Crippen LogP contribution in [0.4, 0.5) is 5.82 Å². The van der Waals surface area contributed by atoms with Gasteiger partial charge < -0.3 is 14.4 Å². The van der Waals surface area contributed by atoms with Crippen LogP contribution in [0.25, 0.3) is 10.9 Å². The Labute approximate surface area is 212 Å². The molecular weight excluding hydrogens is 450 g/mol. The van der Waals surface area contributed by atoms with Gasteiger partial charge in [0.1, 0.15) is 11.6 Å². The largest absolute Gasteiger partial charge is 0.493 e. The van der Waals surface area contributed by atoms with Crippen LogP contribution in [0.1, 0.15) is 42.3 Å². The number of piperidine rings is 1. The van der Waals surface area contributed by atoms with Gasteiger partial charge in [0.25, 0.3) is 0 Å². The molecule has 1 fully saturated rings. The maximum Gasteiger partial charge on any atom is 0.161 e. The average molecular weight is 484 g/mol. The molecule has 5 rings (SSSR count). The van der Waals surface area contributed by atoms with E-state index in [4.69, 9.17) is 19.4 Å². The van der Waals surface area contributed by atoms with Crippen molar-refractivity contribution >= 4 is 16.7 Å². The van der Waals surface area contributed by atoms with E-state index in [-0.39, 0.29) is 0 Å². The summed E-state index contributed by atoms with van der Waals surface area (Å²) in [5, 5.41) is 1.05. The highest BCUT2D eigenvalue weighted by Gasteiger charge is 2.25. The molecule has 2 aromatic carbocycles. The van der Waals surface area contributed by atoms with Crippen LogP contribution in [-0.4, -0.2) is 47.7 Å². The number of nitrogens with zero attached hydrogens (tertiary/aromatic N) is 5. The summed E-state index contributed by atoms with van der Waals surface area (Å²) in [6, 6.07) is 18.8. The Hall–Kier alpha value is -3.71. The number of rotatable bonds is 8. The fourth-order valence-corrected chi connectivity index (χ4v) is 5.11. The second kappa shape index (κ2) is 10.9. The lowest BCUT2D eigenvalue weighted by atomic mass is 9.96. The summed E-state index contributed by atoms with van der Waals surface area (Å²) in [5.41, 5.74) is 3.35. The molecule has 2 aromatic heterocycles. The third-order valence-corrected chi connectivity index (χ3v) is 6.89. The first-order chi connectivity index (χ1) is 17.7. The molecule has 0 saturated carbocycles. The Morgan fingerprint density at radius 2 is 1.83 bits per heavy atom. The van der Waals surface area contributed by atoms with E-state index in [1.54, 1.807) is 14.2 Å². The summed E-state index contributed by atoms with van der Waals surface area (Å²) >= 11 is 0. The van der Waals surface area contributed by atoms with Gasteiger partial charge in [-0.2, -0.15) is 0 Å². The van der Waals surface area contributed by atoms with Gasteiger partial charge in [-0.3, -0.25) is 9.88 Å². The van der Waals surface area contributed by atoms with Crippen molar-refractivity contribution in [3.63, 3.8) is 0 Å². The van der Waals surface area contributed by atoms with E-state index in [1.807, 2.05) is 42.7 Å². The second-order valence-electron chi connectivity index (χ2n) is 9.29. The average Bonchev–Trinajstić information content (AvgIpc) is 2.93. The van der Waals surface area contributed by atoms with Gasteiger partial charge >= 0.3 is 0 Å². The SMILES string of the molecule is COc1ccc(CN(C)c2nc(CN3CCCC[C@@H]3c3cccnc3)nc3ccccc23)cc1OC. The molecule has 0 bridgehead atoms. The zero-order valence-electron chi connectivity index (χ0n) is 21.2. The number of aromatic nitrogens is 3. The molecule has 186 valence electrons. The lowest BCUT2D eigenvalue weighted by molar-refractivity contribution is 0.137. The molecule has 0 radical (unpaired) electrons. The molecule has 1 atom stereocenters. The molecule has 1 aliphatic heterocycles. The van der Waals surface area contributed by atoms with E-state index in [2.05, 4.69) is 46.1 Å². The van der Waals surface area contributed by atoms with E-state index in [0.717, 1.165) is 52.6 Å². The molecule has 36 heavy (non-hydrogen) atoms. The van der Waals surface area contributed by atoms with Crippen LogP contribution in [0.2, 0.25) is 0 Å². The van der Waals surface area contributed by atoms with Crippen molar-refractivity contribution in [2.45, 2.75) is 38.4 Å². The van der Waals surface area contributed by atoms with Crippen molar-refractivity contribution in [1.29, 1.82) is 0 Å². The Kier molecular flexibility index (Phi) is 7.28. The predicted octanol–water partition coefficient (Wildman–Crippen LogP) is 5.41. The van der Waals surface area contributed by atoms with E-state index in [0.29, 0.717) is 19.1 Å². The molecule has 7 nitrogen and oxygen atoms in total. The molecule has 0 aliphatic carbocycles. The summed E-state index contributed by atoms with van der Waals surface area (Å²) in [4.78, 5) is 19.1. The third kappa shape index (κ3) is 5.11. The highest BCUT2D eigenvalue weighted by atomic mass is 16.5. The van der Waals surface area contributed by atoms with Crippen molar-refractivity contribution in [1.82, 2.24) is 19.9 Å². The molecule has 0 unspecified atom stereocenters. The first-order valence-corrected chi connectivity index (χ1v) is 12.5. The summed E-state index contributed by atoms with van der Waals surface area (Å²) in [5.74, 6) is 3.23. The summed E-state index contributed by atoms with van der Waals surface area (Å²) in [6.45, 7) is 2.43. The zero-order valence-corrected chi connectivity index (χ0v) is 21.2. The van der Waals surface area contributed by atoms with E-state index in [1.165, 1.54) is 18.4 Å². The molecule has 0 N–H and O–H groups in total. The van der Waals surface area contributed by atoms with Crippen molar-refractivity contribution in [2.24, 2.45) is 0 Å². The quantitative estimate of drug-likeness (QED) is 0.332. The Balaban J connectivity index is 1.44. The molecular formula is C29H33N5O2. The predicted molar refractivity (Wildman–Crippen MR) is 142 cm³/mol. The summed E-state index contributed by atoms with van der Waals surface area (Å²) in [6.07, 6.45) is 7.38. The Bertz CT molecular complexity index is 1310. The third-order valence-electron chi connectivity index (χ3n) is 6.89. The van der Waals surface area contributed by atoms with Gasteiger partial charge in [-0.25, -0.2) is 9.97 Å². The molecule has 0 spiro atoms. The number of pyridine rings is 1. The summed E-state index contributed by atoms with van der Waals surface area (Å²) in [7, 11) is 5.39. The smallest absolute Gasteiger partial charge is 0.161 e. The molecule has 0 amide bonds. The number of methoxy groups -OCH3 is 2. The standard InChI is InChI=1S/C29H33N5O2/c1-33(19-21-13-14-26(35-2)27(17-21)36-3)29-23-10-4-5-11-24(23)31-28(32-29)20-34-16-7-6-12-25(34)22-9-8-15-30-18-22/h4-5,8-11,13-15,17-18,25H,6-7,12,16,19-20H2,1-3H3/t25-/m1/s1. The minimum atomic E-state index is 0.343.